The van der Waals surface area contributed by atoms with Crippen molar-refractivity contribution in [1.29, 1.82) is 0 Å². The summed E-state index contributed by atoms with van der Waals surface area (Å²) in [4.78, 5) is 11.2. The summed E-state index contributed by atoms with van der Waals surface area (Å²) in [6.07, 6.45) is 2.91. The van der Waals surface area contributed by atoms with Gasteiger partial charge in [0.05, 0.1) is 23.8 Å². The summed E-state index contributed by atoms with van der Waals surface area (Å²) < 4.78 is 6.75. The number of carboxylic acids is 1. The summed E-state index contributed by atoms with van der Waals surface area (Å²) in [5.41, 5.74) is 0.100. The lowest BCUT2D eigenvalue weighted by molar-refractivity contribution is -0.144. The maximum atomic E-state index is 11.2. The van der Waals surface area contributed by atoms with Crippen LogP contribution in [0.25, 0.3) is 11.4 Å². The first-order chi connectivity index (χ1) is 8.62. The van der Waals surface area contributed by atoms with Gasteiger partial charge >= 0.3 is 5.97 Å². The highest BCUT2D eigenvalue weighted by Gasteiger charge is 2.51. The second kappa shape index (κ2) is 3.66. The van der Waals surface area contributed by atoms with Crippen LogP contribution in [-0.2, 0) is 11.3 Å². The molecule has 1 saturated carbocycles. The minimum absolute atomic E-state index is 0.301. The van der Waals surface area contributed by atoms with Crippen molar-refractivity contribution in [2.45, 2.75) is 26.3 Å². The van der Waals surface area contributed by atoms with Crippen molar-refractivity contribution in [2.75, 3.05) is 0 Å². The van der Waals surface area contributed by atoms with Gasteiger partial charge < -0.3 is 9.52 Å². The molecule has 1 N–H and O–H groups in total. The minimum Gasteiger partial charge on any atom is -0.481 e. The number of hydrogen-bond acceptors (Lipinski definition) is 5. The second-order valence-corrected chi connectivity index (χ2v) is 4.64. The number of carbonyl (C=O) groups is 1. The number of furan rings is 1. The van der Waals surface area contributed by atoms with Crippen molar-refractivity contribution >= 4 is 5.97 Å². The second-order valence-electron chi connectivity index (χ2n) is 4.64. The highest BCUT2D eigenvalue weighted by molar-refractivity contribution is 5.77. The predicted molar refractivity (Wildman–Crippen MR) is 59.6 cm³/mol. The Balaban J connectivity index is 1.94. The number of rotatable bonds is 4. The minimum atomic E-state index is -0.784. The monoisotopic (exact) mass is 248 g/mol. The molecule has 2 heterocycles. The summed E-state index contributed by atoms with van der Waals surface area (Å²) >= 11 is 0. The van der Waals surface area contributed by atoms with Gasteiger partial charge in [-0.05, 0) is 36.3 Å². The lowest BCUT2D eigenvalue weighted by Gasteiger charge is -2.10. The molecular weight excluding hydrogens is 236 g/mol. The van der Waals surface area contributed by atoms with Gasteiger partial charge in [-0.3, -0.25) is 4.79 Å². The Morgan fingerprint density at radius 3 is 2.94 bits per heavy atom. The van der Waals surface area contributed by atoms with Crippen LogP contribution in [0.2, 0.25) is 0 Å². The number of nitrogens with zero attached hydrogens (tertiary/aromatic N) is 4. The van der Waals surface area contributed by atoms with Crippen LogP contribution < -0.4 is 0 Å². The molecular formula is C11H12N4O3. The summed E-state index contributed by atoms with van der Waals surface area (Å²) in [5, 5.41) is 20.6. The Bertz CT molecular complexity index is 597. The maximum Gasteiger partial charge on any atom is 0.311 e. The molecule has 1 aliphatic rings. The average molecular weight is 248 g/mol. The van der Waals surface area contributed by atoms with Gasteiger partial charge in [0.25, 0.3) is 0 Å². The van der Waals surface area contributed by atoms with E-state index in [1.807, 2.05) is 6.92 Å². The van der Waals surface area contributed by atoms with Gasteiger partial charge in [-0.2, -0.15) is 0 Å². The van der Waals surface area contributed by atoms with Crippen molar-refractivity contribution in [3.05, 3.63) is 18.1 Å². The third-order valence-corrected chi connectivity index (χ3v) is 3.39. The van der Waals surface area contributed by atoms with E-state index in [0.717, 1.165) is 5.56 Å². The molecule has 7 nitrogen and oxygen atoms in total. The van der Waals surface area contributed by atoms with E-state index in [1.165, 1.54) is 0 Å². The highest BCUT2D eigenvalue weighted by Crippen LogP contribution is 2.47. The van der Waals surface area contributed by atoms with Crippen molar-refractivity contribution in [3.8, 4) is 11.4 Å². The normalized spacial score (nSPS) is 16.7. The third kappa shape index (κ3) is 1.59. The fourth-order valence-corrected chi connectivity index (χ4v) is 2.00. The Morgan fingerprint density at radius 1 is 1.61 bits per heavy atom. The lowest BCUT2D eigenvalue weighted by Crippen LogP contribution is -2.22. The van der Waals surface area contributed by atoms with E-state index in [1.54, 1.807) is 17.0 Å². The summed E-state index contributed by atoms with van der Waals surface area (Å²) in [7, 11) is 0. The molecule has 0 unspecified atom stereocenters. The summed E-state index contributed by atoms with van der Waals surface area (Å²) in [6, 6.07) is 1.78. The van der Waals surface area contributed by atoms with Crippen molar-refractivity contribution < 1.29 is 14.3 Å². The van der Waals surface area contributed by atoms with Crippen LogP contribution in [0.4, 0.5) is 0 Å². The van der Waals surface area contributed by atoms with Gasteiger partial charge in [-0.1, -0.05) is 0 Å². The molecule has 0 saturated heterocycles. The first kappa shape index (κ1) is 10.9. The molecule has 0 aliphatic heterocycles. The number of aliphatic carboxylic acids is 1. The Morgan fingerprint density at radius 2 is 2.39 bits per heavy atom. The van der Waals surface area contributed by atoms with Gasteiger partial charge in [0.1, 0.15) is 5.76 Å². The van der Waals surface area contributed by atoms with E-state index in [0.29, 0.717) is 31.0 Å². The molecule has 0 bridgehead atoms. The molecule has 0 amide bonds. The number of hydrogen-bond donors (Lipinski definition) is 1. The smallest absolute Gasteiger partial charge is 0.311 e. The van der Waals surface area contributed by atoms with E-state index in [4.69, 9.17) is 4.42 Å². The van der Waals surface area contributed by atoms with Gasteiger partial charge in [-0.15, -0.1) is 5.10 Å². The molecule has 0 spiro atoms. The predicted octanol–water partition coefficient (Wildman–Crippen LogP) is 1.11. The number of tetrazole rings is 1. The summed E-state index contributed by atoms with van der Waals surface area (Å²) in [6.45, 7) is 2.12. The lowest BCUT2D eigenvalue weighted by atomic mass is 10.1. The molecule has 0 radical (unpaired) electrons. The molecule has 3 rings (SSSR count). The van der Waals surface area contributed by atoms with E-state index in [9.17, 15) is 9.90 Å². The zero-order valence-corrected chi connectivity index (χ0v) is 9.83. The molecule has 1 aliphatic carbocycles. The number of carboxylic acid groups (broad SMARTS) is 1. The fourth-order valence-electron chi connectivity index (χ4n) is 2.00. The van der Waals surface area contributed by atoms with E-state index in [2.05, 4.69) is 15.5 Å². The molecule has 2 aromatic heterocycles. The third-order valence-electron chi connectivity index (χ3n) is 3.39. The Labute approximate surface area is 102 Å². The number of aromatic nitrogens is 4. The van der Waals surface area contributed by atoms with Gasteiger partial charge in [-0.25, -0.2) is 4.68 Å². The Hall–Kier alpha value is -2.18. The molecule has 0 aromatic carbocycles. The molecule has 18 heavy (non-hydrogen) atoms. The van der Waals surface area contributed by atoms with E-state index in [-0.39, 0.29) is 0 Å². The van der Waals surface area contributed by atoms with Crippen LogP contribution in [0.5, 0.6) is 0 Å². The molecule has 94 valence electrons. The quantitative estimate of drug-likeness (QED) is 0.870. The average Bonchev–Trinajstić information content (AvgIpc) is 2.77. The molecule has 1 fully saturated rings. The molecule has 0 atom stereocenters. The fraction of sp³-hybridized carbons (Fsp3) is 0.455. The SMILES string of the molecule is Cc1occc1-c1nnnn1CC1(C(=O)O)CC1. The van der Waals surface area contributed by atoms with Crippen molar-refractivity contribution in [1.82, 2.24) is 20.2 Å². The topological polar surface area (TPSA) is 94.0 Å². The van der Waals surface area contributed by atoms with Gasteiger partial charge in [0.15, 0.2) is 5.82 Å². The Kier molecular flexibility index (Phi) is 2.22. The summed E-state index contributed by atoms with van der Waals surface area (Å²) in [5.74, 6) is 0.480. The van der Waals surface area contributed by atoms with E-state index < -0.39 is 11.4 Å². The largest absolute Gasteiger partial charge is 0.481 e. The van der Waals surface area contributed by atoms with Crippen LogP contribution in [0.15, 0.2) is 16.7 Å². The maximum absolute atomic E-state index is 11.2. The van der Waals surface area contributed by atoms with Crippen LogP contribution in [-0.4, -0.2) is 31.3 Å². The zero-order valence-electron chi connectivity index (χ0n) is 9.83. The highest BCUT2D eigenvalue weighted by atomic mass is 16.4. The molecule has 7 heteroatoms. The number of aryl methyl sites for hydroxylation is 1. The van der Waals surface area contributed by atoms with Crippen LogP contribution in [0.1, 0.15) is 18.6 Å². The van der Waals surface area contributed by atoms with Crippen LogP contribution in [0.3, 0.4) is 0 Å². The van der Waals surface area contributed by atoms with Crippen molar-refractivity contribution in [2.24, 2.45) is 5.41 Å². The van der Waals surface area contributed by atoms with Crippen molar-refractivity contribution in [3.63, 3.8) is 0 Å². The first-order valence-electron chi connectivity index (χ1n) is 5.66. The van der Waals surface area contributed by atoms with Crippen LogP contribution >= 0.6 is 0 Å². The first-order valence-corrected chi connectivity index (χ1v) is 5.66. The molecule has 2 aromatic rings. The van der Waals surface area contributed by atoms with Gasteiger partial charge in [0, 0.05) is 0 Å². The standard InChI is InChI=1S/C11H12N4O3/c1-7-8(2-5-18-7)9-12-13-14-15(9)6-11(3-4-11)10(16)17/h2,5H,3-4,6H2,1H3,(H,16,17). The van der Waals surface area contributed by atoms with Gasteiger partial charge in [0.2, 0.25) is 0 Å². The zero-order chi connectivity index (χ0) is 12.8. The van der Waals surface area contributed by atoms with E-state index >= 15 is 0 Å². The van der Waals surface area contributed by atoms with Crippen LogP contribution in [0, 0.1) is 12.3 Å².